The van der Waals surface area contributed by atoms with E-state index in [9.17, 15) is 35.5 Å². The van der Waals surface area contributed by atoms with E-state index in [1.165, 1.54) is 0 Å². The highest BCUT2D eigenvalue weighted by Crippen LogP contribution is 2.40. The maximum atomic E-state index is 12.7. The Labute approximate surface area is 79.7 Å². The molecule has 0 amide bonds. The van der Waals surface area contributed by atoms with Gasteiger partial charge in [0.05, 0.1) is 0 Å². The van der Waals surface area contributed by atoms with E-state index in [1.807, 2.05) is 0 Å². The van der Waals surface area contributed by atoms with Crippen LogP contribution >= 0.6 is 0 Å². The van der Waals surface area contributed by atoms with Crippen molar-refractivity contribution in [2.75, 3.05) is 0 Å². The smallest absolute Gasteiger partial charge is 0.410 e. The summed E-state index contributed by atoms with van der Waals surface area (Å²) in [5.41, 5.74) is 0. The third-order valence-electron chi connectivity index (χ3n) is 1.06. The molecule has 0 aromatic carbocycles. The van der Waals surface area contributed by atoms with Crippen LogP contribution in [0, 0.1) is 0 Å². The number of carbonyl (C=O) groups is 1. The van der Waals surface area contributed by atoms with Crippen molar-refractivity contribution in [2.24, 2.45) is 0 Å². The quantitative estimate of drug-likeness (QED) is 0.431. The number of hydrogen-bond acceptors (Lipinski definition) is 2. The predicted molar refractivity (Wildman–Crippen MR) is 32.2 cm³/mol. The first-order valence-electron chi connectivity index (χ1n) is 3.54. The molecule has 0 aromatic heterocycles. The fourth-order valence-electron chi connectivity index (χ4n) is 0.387. The average molecular weight is 241 g/mol. The maximum Gasteiger partial charge on any atom is 0.466 e. The molecule has 9 heteroatoms. The van der Waals surface area contributed by atoms with Crippen molar-refractivity contribution >= 4 is 5.97 Å². The van der Waals surface area contributed by atoms with E-state index in [-0.39, 0.29) is 0 Å². The monoisotopic (exact) mass is 241 g/mol. The summed E-state index contributed by atoms with van der Waals surface area (Å²) in [4.78, 5) is 10.2. The van der Waals surface area contributed by atoms with Gasteiger partial charge in [-0.25, -0.2) is 13.6 Å². The van der Waals surface area contributed by atoms with Gasteiger partial charge in [0, 0.05) is 0 Å². The van der Waals surface area contributed by atoms with Gasteiger partial charge in [-0.2, -0.15) is 22.0 Å². The fraction of sp³-hybridized carbons (Fsp3) is 0.500. The fourth-order valence-corrected chi connectivity index (χ4v) is 0.387. The van der Waals surface area contributed by atoms with Crippen LogP contribution in [0.2, 0.25) is 0 Å². The van der Waals surface area contributed by atoms with Gasteiger partial charge in [0.1, 0.15) is 1.37 Å². The molecule has 0 aliphatic carbocycles. The summed E-state index contributed by atoms with van der Waals surface area (Å²) in [5, 5.41) is 0. The third-order valence-corrected chi connectivity index (χ3v) is 1.06. The van der Waals surface area contributed by atoms with Gasteiger partial charge in [-0.1, -0.05) is 6.58 Å². The zero-order chi connectivity index (χ0) is 13.4. The van der Waals surface area contributed by atoms with Crippen molar-refractivity contribution in [1.29, 1.82) is 0 Å². The molecule has 15 heavy (non-hydrogen) atoms. The minimum Gasteiger partial charge on any atom is -0.410 e. The van der Waals surface area contributed by atoms with Crippen LogP contribution < -0.4 is 0 Å². The zero-order valence-electron chi connectivity index (χ0n) is 7.67. The molecule has 0 spiro atoms. The third kappa shape index (κ3) is 2.83. The molecule has 0 saturated heterocycles. The van der Waals surface area contributed by atoms with E-state index in [4.69, 9.17) is 1.37 Å². The first-order chi connectivity index (χ1) is 6.83. The van der Waals surface area contributed by atoms with Crippen molar-refractivity contribution in [3.8, 4) is 0 Å². The maximum absolute atomic E-state index is 12.7. The minimum absolute atomic E-state index is 2.12. The summed E-state index contributed by atoms with van der Waals surface area (Å²) in [6, 6.07) is 0. The summed E-state index contributed by atoms with van der Waals surface area (Å²) >= 11 is 0. The van der Waals surface area contributed by atoms with E-state index in [2.05, 4.69) is 11.3 Å². The molecule has 1 unspecified atom stereocenters. The summed E-state index contributed by atoms with van der Waals surface area (Å²) in [6.45, 7) is 2.12. The summed E-state index contributed by atoms with van der Waals surface area (Å²) in [6.07, 6.45) is -12.2. The molecule has 0 aromatic rings. The molecule has 0 aliphatic heterocycles. The highest BCUT2D eigenvalue weighted by Gasteiger charge is 2.67. The number of ether oxygens (including phenoxy) is 1. The van der Waals surface area contributed by atoms with Gasteiger partial charge in [-0.3, -0.25) is 0 Å². The first-order valence-corrected chi connectivity index (χ1v) is 3.04. The van der Waals surface area contributed by atoms with Crippen LogP contribution in [0.3, 0.4) is 0 Å². The van der Waals surface area contributed by atoms with Crippen molar-refractivity contribution in [3.63, 3.8) is 0 Å². The van der Waals surface area contributed by atoms with Crippen LogP contribution in [0.5, 0.6) is 0 Å². The Morgan fingerprint density at radius 2 is 1.73 bits per heavy atom. The van der Waals surface area contributed by atoms with Crippen LogP contribution in [0.4, 0.5) is 30.7 Å². The number of carbonyl (C=O) groups excluding carboxylic acids is 1. The summed E-state index contributed by atoms with van der Waals surface area (Å²) in [5.74, 6) is -10.8. The predicted octanol–water partition coefficient (Wildman–Crippen LogP) is 2.51. The van der Waals surface area contributed by atoms with Crippen LogP contribution in [0.25, 0.3) is 0 Å². The number of rotatable bonds is 3. The molecule has 0 rings (SSSR count). The molecule has 88 valence electrons. The summed E-state index contributed by atoms with van der Waals surface area (Å²) < 4.78 is 92.3. The number of hydrogen-bond donors (Lipinski definition) is 0. The Kier molecular flexibility index (Phi) is 3.20. The average Bonchev–Trinajstić information content (AvgIpc) is 1.99. The molecule has 0 aliphatic rings. The molecule has 0 heterocycles. The minimum atomic E-state index is -6.40. The van der Waals surface area contributed by atoms with Gasteiger partial charge in [0.25, 0.3) is 0 Å². The largest absolute Gasteiger partial charge is 0.466 e. The first kappa shape index (κ1) is 11.8. The molecular formula is C6H3F7O2. The molecule has 0 radical (unpaired) electrons. The van der Waals surface area contributed by atoms with Gasteiger partial charge in [-0.05, 0) is 0 Å². The van der Waals surface area contributed by atoms with E-state index in [1.54, 1.807) is 0 Å². The SMILES string of the molecule is [2H]C(F)(F)C(F)(OC(=O)C(=C)F)C(F)(F)F. The van der Waals surface area contributed by atoms with Crippen molar-refractivity contribution < 1.29 is 41.6 Å². The van der Waals surface area contributed by atoms with Gasteiger partial charge in [0.15, 0.2) is 0 Å². The molecule has 2 nitrogen and oxygen atoms in total. The van der Waals surface area contributed by atoms with Gasteiger partial charge >= 0.3 is 24.4 Å². The van der Waals surface area contributed by atoms with Crippen LogP contribution in [0.15, 0.2) is 12.4 Å². The van der Waals surface area contributed by atoms with Gasteiger partial charge < -0.3 is 4.74 Å². The number of alkyl halides is 6. The van der Waals surface area contributed by atoms with Crippen LogP contribution in [-0.2, 0) is 9.53 Å². The molecule has 1 atom stereocenters. The standard InChI is InChI=1S/C6H3F7O2/c1-2(7)3(14)15-5(10,4(8)9)6(11,12)13/h4H,1H2/i4D. The van der Waals surface area contributed by atoms with E-state index in [0.29, 0.717) is 0 Å². The molecular weight excluding hydrogens is 237 g/mol. The molecule has 0 bridgehead atoms. The lowest BCUT2D eigenvalue weighted by atomic mass is 10.3. The van der Waals surface area contributed by atoms with Crippen LogP contribution in [-0.4, -0.2) is 24.4 Å². The van der Waals surface area contributed by atoms with Gasteiger partial charge in [-0.15, -0.1) is 0 Å². The Morgan fingerprint density at radius 1 is 1.33 bits per heavy atom. The van der Waals surface area contributed by atoms with Gasteiger partial charge in [0.2, 0.25) is 5.83 Å². The highest BCUT2D eigenvalue weighted by molar-refractivity contribution is 5.85. The van der Waals surface area contributed by atoms with Crippen molar-refractivity contribution in [1.82, 2.24) is 0 Å². The molecule has 0 N–H and O–H groups in total. The molecule has 0 saturated carbocycles. The lowest BCUT2D eigenvalue weighted by Gasteiger charge is -2.25. The number of esters is 1. The van der Waals surface area contributed by atoms with E-state index >= 15 is 0 Å². The lowest BCUT2D eigenvalue weighted by molar-refractivity contribution is -0.355. The van der Waals surface area contributed by atoms with Crippen LogP contribution in [0.1, 0.15) is 1.37 Å². The second-order valence-corrected chi connectivity index (χ2v) is 2.15. The van der Waals surface area contributed by atoms with Crippen molar-refractivity contribution in [2.45, 2.75) is 18.4 Å². The topological polar surface area (TPSA) is 26.3 Å². The number of halogens is 7. The lowest BCUT2D eigenvalue weighted by Crippen LogP contribution is -2.51. The second-order valence-electron chi connectivity index (χ2n) is 2.15. The second kappa shape index (κ2) is 4.07. The summed E-state index contributed by atoms with van der Waals surface area (Å²) in [7, 11) is 0. The zero-order valence-corrected chi connectivity index (χ0v) is 6.67. The Morgan fingerprint density at radius 3 is 1.93 bits per heavy atom. The van der Waals surface area contributed by atoms with E-state index in [0.717, 1.165) is 0 Å². The Hall–Kier alpha value is -1.28. The van der Waals surface area contributed by atoms with E-state index < -0.39 is 30.2 Å². The Bertz CT molecular complexity index is 291. The van der Waals surface area contributed by atoms with Crippen molar-refractivity contribution in [3.05, 3.63) is 12.4 Å². The Balaban J connectivity index is 5.30. The highest BCUT2D eigenvalue weighted by atomic mass is 19.4. The molecule has 0 fully saturated rings. The normalized spacial score (nSPS) is 17.7.